The van der Waals surface area contributed by atoms with E-state index in [2.05, 4.69) is 22.1 Å². The molecule has 2 nitrogen and oxygen atoms in total. The van der Waals surface area contributed by atoms with Crippen molar-refractivity contribution in [1.29, 1.82) is 0 Å². The number of benzene rings is 1. The molecule has 47 valence electrons. The quantitative estimate of drug-likeness (QED) is 0.464. The van der Waals surface area contributed by atoms with E-state index in [1.165, 1.54) is 0 Å². The van der Waals surface area contributed by atoms with Gasteiger partial charge in [-0.05, 0) is 12.1 Å². The highest BCUT2D eigenvalue weighted by Gasteiger charge is 1.86. The lowest BCUT2D eigenvalue weighted by molar-refractivity contribution is -0.0741. The van der Waals surface area contributed by atoms with E-state index in [0.29, 0.717) is 5.75 Å². The molecule has 0 saturated carbocycles. The van der Waals surface area contributed by atoms with Gasteiger partial charge in [-0.1, -0.05) is 18.2 Å². The molecule has 0 spiro atoms. The van der Waals surface area contributed by atoms with Crippen molar-refractivity contribution in [2.24, 2.45) is 0 Å². The van der Waals surface area contributed by atoms with Crippen molar-refractivity contribution in [3.8, 4) is 5.75 Å². The highest BCUT2D eigenvalue weighted by Crippen LogP contribution is 2.08. The predicted molar refractivity (Wildman–Crippen MR) is 35.7 cm³/mol. The zero-order valence-corrected chi connectivity index (χ0v) is 5.43. The fraction of sp³-hybridized carbons (Fsp3) is 0. The summed E-state index contributed by atoms with van der Waals surface area (Å²) in [4.78, 5) is 4.52. The highest BCUT2D eigenvalue weighted by atomic mass is 32.1. The standard InChI is InChI=1S/C6H5O2S/c9-8-7-6-4-2-1-3-5-6/h1-5H. The first-order valence-electron chi connectivity index (χ1n) is 2.45. The number of rotatable bonds is 2. The monoisotopic (exact) mass is 141 g/mol. The van der Waals surface area contributed by atoms with Gasteiger partial charge in [-0.3, -0.25) is 0 Å². The third-order valence-corrected chi connectivity index (χ3v) is 0.941. The minimum Gasteiger partial charge on any atom is -0.324 e. The van der Waals surface area contributed by atoms with E-state index in [-0.39, 0.29) is 0 Å². The summed E-state index contributed by atoms with van der Waals surface area (Å²) in [5.74, 6) is 0.618. The minimum atomic E-state index is 0.618. The van der Waals surface area contributed by atoms with Crippen LogP contribution in [-0.4, -0.2) is 0 Å². The van der Waals surface area contributed by atoms with E-state index in [9.17, 15) is 0 Å². The molecule has 1 aromatic rings. The van der Waals surface area contributed by atoms with E-state index in [1.807, 2.05) is 18.2 Å². The van der Waals surface area contributed by atoms with E-state index in [4.69, 9.17) is 0 Å². The average molecular weight is 141 g/mol. The molecule has 0 amide bonds. The van der Waals surface area contributed by atoms with Gasteiger partial charge < -0.3 is 4.89 Å². The molecular weight excluding hydrogens is 136 g/mol. The molecule has 0 fully saturated rings. The largest absolute Gasteiger partial charge is 0.324 e. The van der Waals surface area contributed by atoms with Gasteiger partial charge in [-0.2, -0.15) is 0 Å². The van der Waals surface area contributed by atoms with Crippen LogP contribution in [0.15, 0.2) is 30.3 Å². The van der Waals surface area contributed by atoms with Crippen molar-refractivity contribution in [2.45, 2.75) is 0 Å². The normalized spacial score (nSPS) is 9.00. The molecule has 0 aliphatic rings. The Kier molecular flexibility index (Phi) is 2.42. The van der Waals surface area contributed by atoms with Crippen LogP contribution in [0.5, 0.6) is 5.75 Å². The van der Waals surface area contributed by atoms with Gasteiger partial charge in [0.1, 0.15) is 12.9 Å². The first-order valence-corrected chi connectivity index (χ1v) is 2.78. The van der Waals surface area contributed by atoms with Gasteiger partial charge in [0.15, 0.2) is 5.75 Å². The summed E-state index contributed by atoms with van der Waals surface area (Å²) in [6.45, 7) is 0. The Balaban J connectivity index is 2.61. The van der Waals surface area contributed by atoms with Gasteiger partial charge in [0.05, 0.1) is 0 Å². The molecule has 3 heteroatoms. The Labute approximate surface area is 59.0 Å². The fourth-order valence-electron chi connectivity index (χ4n) is 0.515. The first kappa shape index (κ1) is 6.45. The van der Waals surface area contributed by atoms with E-state index in [0.717, 1.165) is 0 Å². The molecule has 0 N–H and O–H groups in total. The Bertz CT molecular complexity index is 164. The van der Waals surface area contributed by atoms with E-state index < -0.39 is 0 Å². The highest BCUT2D eigenvalue weighted by molar-refractivity contribution is 7.74. The van der Waals surface area contributed by atoms with E-state index in [1.54, 1.807) is 12.1 Å². The molecule has 1 aromatic carbocycles. The molecule has 0 aromatic heterocycles. The van der Waals surface area contributed by atoms with Crippen LogP contribution in [0.1, 0.15) is 0 Å². The number of para-hydroxylation sites is 1. The Morgan fingerprint density at radius 2 is 1.78 bits per heavy atom. The summed E-state index contributed by atoms with van der Waals surface area (Å²) in [7, 11) is 0. The van der Waals surface area contributed by atoms with Crippen LogP contribution in [0.25, 0.3) is 0 Å². The van der Waals surface area contributed by atoms with Crippen LogP contribution in [0.2, 0.25) is 0 Å². The number of hydrogen-bond donors (Lipinski definition) is 0. The molecule has 0 heterocycles. The second kappa shape index (κ2) is 3.37. The van der Waals surface area contributed by atoms with Crippen molar-refractivity contribution in [1.82, 2.24) is 0 Å². The Morgan fingerprint density at radius 1 is 1.11 bits per heavy atom. The van der Waals surface area contributed by atoms with Crippen molar-refractivity contribution < 1.29 is 9.22 Å². The molecule has 9 heavy (non-hydrogen) atoms. The molecule has 1 rings (SSSR count). The predicted octanol–water partition coefficient (Wildman–Crippen LogP) is 2.11. The molecule has 0 saturated heterocycles. The molecule has 0 atom stereocenters. The second-order valence-electron chi connectivity index (χ2n) is 1.46. The first-order chi connectivity index (χ1) is 4.43. The smallest absolute Gasteiger partial charge is 0.166 e. The fourth-order valence-corrected chi connectivity index (χ4v) is 0.594. The third kappa shape index (κ3) is 1.95. The van der Waals surface area contributed by atoms with Crippen LogP contribution in [0, 0.1) is 0 Å². The van der Waals surface area contributed by atoms with Gasteiger partial charge in [0.2, 0.25) is 0 Å². The van der Waals surface area contributed by atoms with E-state index >= 15 is 0 Å². The second-order valence-corrected chi connectivity index (χ2v) is 1.60. The van der Waals surface area contributed by atoms with Crippen molar-refractivity contribution >= 4 is 12.9 Å². The lowest BCUT2D eigenvalue weighted by Gasteiger charge is -1.94. The Hall–Kier alpha value is -0.670. The average Bonchev–Trinajstić information content (AvgIpc) is 1.91. The van der Waals surface area contributed by atoms with Crippen LogP contribution in [0.4, 0.5) is 0 Å². The molecule has 0 aliphatic heterocycles. The summed E-state index contributed by atoms with van der Waals surface area (Å²) in [5.41, 5.74) is 0. The zero-order chi connectivity index (χ0) is 6.53. The minimum absolute atomic E-state index is 0.618. The molecular formula is C6H5O2S. The maximum absolute atomic E-state index is 4.52. The molecule has 0 bridgehead atoms. The third-order valence-electron chi connectivity index (χ3n) is 0.873. The SMILES string of the molecule is [S]OOc1ccccc1. The zero-order valence-electron chi connectivity index (χ0n) is 4.61. The van der Waals surface area contributed by atoms with Gasteiger partial charge in [0.25, 0.3) is 0 Å². The molecule has 0 unspecified atom stereocenters. The maximum atomic E-state index is 4.52. The lowest BCUT2D eigenvalue weighted by atomic mass is 10.3. The molecule has 1 radical (unpaired) electrons. The van der Waals surface area contributed by atoms with Crippen LogP contribution in [-0.2, 0) is 4.33 Å². The van der Waals surface area contributed by atoms with Crippen molar-refractivity contribution in [2.75, 3.05) is 0 Å². The summed E-state index contributed by atoms with van der Waals surface area (Å²) in [6.07, 6.45) is 0. The molecule has 0 aliphatic carbocycles. The van der Waals surface area contributed by atoms with Gasteiger partial charge in [0, 0.05) is 0 Å². The van der Waals surface area contributed by atoms with Gasteiger partial charge in [-0.25, -0.2) is 0 Å². The van der Waals surface area contributed by atoms with Crippen LogP contribution in [0.3, 0.4) is 0 Å². The summed E-state index contributed by atoms with van der Waals surface area (Å²) in [5, 5.41) is 0. The summed E-state index contributed by atoms with van der Waals surface area (Å²) < 4.78 is 4.01. The number of hydrogen-bond acceptors (Lipinski definition) is 2. The van der Waals surface area contributed by atoms with Gasteiger partial charge >= 0.3 is 0 Å². The summed E-state index contributed by atoms with van der Waals surface area (Å²) >= 11 is 4.11. The lowest BCUT2D eigenvalue weighted by Crippen LogP contribution is -1.83. The summed E-state index contributed by atoms with van der Waals surface area (Å²) in [6, 6.07) is 9.07. The van der Waals surface area contributed by atoms with Crippen LogP contribution >= 0.6 is 12.9 Å². The van der Waals surface area contributed by atoms with Gasteiger partial charge in [-0.15, -0.1) is 4.33 Å². The topological polar surface area (TPSA) is 18.5 Å². The Morgan fingerprint density at radius 3 is 2.33 bits per heavy atom. The van der Waals surface area contributed by atoms with Crippen molar-refractivity contribution in [3.05, 3.63) is 30.3 Å². The van der Waals surface area contributed by atoms with Crippen molar-refractivity contribution in [3.63, 3.8) is 0 Å². The maximum Gasteiger partial charge on any atom is 0.166 e. The van der Waals surface area contributed by atoms with Crippen LogP contribution < -0.4 is 4.89 Å².